The lowest BCUT2D eigenvalue weighted by Gasteiger charge is -2.49. The number of piperazine rings is 1. The fourth-order valence-electron chi connectivity index (χ4n) is 5.85. The van der Waals surface area contributed by atoms with Gasteiger partial charge in [0, 0.05) is 50.2 Å². The largest absolute Gasteiger partial charge is 0.497 e. The molecule has 6 nitrogen and oxygen atoms in total. The van der Waals surface area contributed by atoms with E-state index in [1.807, 2.05) is 6.07 Å². The third-order valence-electron chi connectivity index (χ3n) is 7.84. The Balaban J connectivity index is 1.34. The number of ether oxygens (including phenoxy) is 1. The van der Waals surface area contributed by atoms with Gasteiger partial charge in [0.05, 0.1) is 19.1 Å². The third-order valence-corrected chi connectivity index (χ3v) is 7.84. The number of amides is 1. The van der Waals surface area contributed by atoms with Gasteiger partial charge in [-0.05, 0) is 63.0 Å². The highest BCUT2D eigenvalue weighted by molar-refractivity contribution is 5.82. The first-order chi connectivity index (χ1) is 16.6. The zero-order chi connectivity index (χ0) is 23.5. The van der Waals surface area contributed by atoms with E-state index in [1.165, 1.54) is 41.8 Å². The molecular formula is C28H38N4O2. The molecule has 2 aromatic rings. The van der Waals surface area contributed by atoms with Crippen molar-refractivity contribution in [2.24, 2.45) is 5.92 Å². The molecule has 0 spiro atoms. The molecule has 3 aliphatic rings. The summed E-state index contributed by atoms with van der Waals surface area (Å²) in [6, 6.07) is 15.2. The number of carbonyl (C=O) groups is 1. The second kappa shape index (κ2) is 10.3. The van der Waals surface area contributed by atoms with Crippen LogP contribution in [0.15, 0.2) is 42.5 Å². The first-order valence-corrected chi connectivity index (χ1v) is 12.9. The summed E-state index contributed by atoms with van der Waals surface area (Å²) in [5.41, 5.74) is 4.99. The van der Waals surface area contributed by atoms with Crippen LogP contribution in [0, 0.1) is 12.8 Å². The van der Waals surface area contributed by atoms with Crippen molar-refractivity contribution < 1.29 is 9.53 Å². The van der Waals surface area contributed by atoms with Gasteiger partial charge in [0.25, 0.3) is 0 Å². The van der Waals surface area contributed by atoms with Crippen molar-refractivity contribution in [3.63, 3.8) is 0 Å². The van der Waals surface area contributed by atoms with Crippen LogP contribution >= 0.6 is 0 Å². The number of methoxy groups -OCH3 is 1. The summed E-state index contributed by atoms with van der Waals surface area (Å²) in [6.07, 6.45) is 4.67. The molecule has 182 valence electrons. The molecule has 0 radical (unpaired) electrons. The number of aryl methyl sites for hydroxylation is 1. The van der Waals surface area contributed by atoms with Crippen molar-refractivity contribution in [1.82, 2.24) is 10.2 Å². The SMILES string of the molecule is COc1ccc2c(c1)N1CCN(c3ccc(C)cc3)C[C@@H]1[C@H](C(=O)NCCN1CCCCC1)C2. The molecule has 2 atom stereocenters. The number of hydrogen-bond donors (Lipinski definition) is 1. The van der Waals surface area contributed by atoms with Crippen molar-refractivity contribution in [1.29, 1.82) is 0 Å². The molecule has 1 N–H and O–H groups in total. The molecule has 0 aromatic heterocycles. The zero-order valence-corrected chi connectivity index (χ0v) is 20.6. The Morgan fingerprint density at radius 3 is 2.59 bits per heavy atom. The Labute approximate surface area is 203 Å². The van der Waals surface area contributed by atoms with Crippen molar-refractivity contribution in [3.8, 4) is 5.75 Å². The number of fused-ring (bicyclic) bond motifs is 3. The molecule has 0 unspecified atom stereocenters. The number of benzene rings is 2. The molecule has 5 rings (SSSR count). The van der Waals surface area contributed by atoms with Crippen molar-refractivity contribution in [2.75, 3.05) is 62.7 Å². The zero-order valence-electron chi connectivity index (χ0n) is 20.6. The summed E-state index contributed by atoms with van der Waals surface area (Å²) in [7, 11) is 1.72. The summed E-state index contributed by atoms with van der Waals surface area (Å²) in [4.78, 5) is 20.9. The van der Waals surface area contributed by atoms with E-state index >= 15 is 0 Å². The average molecular weight is 463 g/mol. The number of carbonyl (C=O) groups excluding carboxylic acids is 1. The average Bonchev–Trinajstić information content (AvgIpc) is 2.88. The summed E-state index contributed by atoms with van der Waals surface area (Å²) < 4.78 is 5.53. The van der Waals surface area contributed by atoms with E-state index in [0.29, 0.717) is 0 Å². The minimum Gasteiger partial charge on any atom is -0.497 e. The van der Waals surface area contributed by atoms with E-state index in [4.69, 9.17) is 4.74 Å². The number of hydrogen-bond acceptors (Lipinski definition) is 5. The molecule has 2 aromatic carbocycles. The first kappa shape index (κ1) is 23.0. The number of nitrogens with zero attached hydrogens (tertiary/aromatic N) is 3. The maximum Gasteiger partial charge on any atom is 0.225 e. The van der Waals surface area contributed by atoms with Crippen LogP contribution in [0.1, 0.15) is 30.4 Å². The van der Waals surface area contributed by atoms with Crippen LogP contribution in [0.3, 0.4) is 0 Å². The van der Waals surface area contributed by atoms with Gasteiger partial charge in [-0.1, -0.05) is 30.2 Å². The van der Waals surface area contributed by atoms with E-state index in [2.05, 4.69) is 63.3 Å². The van der Waals surface area contributed by atoms with E-state index < -0.39 is 0 Å². The predicted octanol–water partition coefficient (Wildman–Crippen LogP) is 3.47. The minimum atomic E-state index is -0.0597. The number of piperidine rings is 1. The smallest absolute Gasteiger partial charge is 0.225 e. The highest BCUT2D eigenvalue weighted by Gasteiger charge is 2.41. The number of nitrogens with one attached hydrogen (secondary N) is 1. The first-order valence-electron chi connectivity index (χ1n) is 12.9. The minimum absolute atomic E-state index is 0.0597. The van der Waals surface area contributed by atoms with Gasteiger partial charge >= 0.3 is 0 Å². The topological polar surface area (TPSA) is 48.1 Å². The van der Waals surface area contributed by atoms with Gasteiger partial charge in [0.15, 0.2) is 0 Å². The third kappa shape index (κ3) is 4.88. The Hall–Kier alpha value is -2.73. The maximum absolute atomic E-state index is 13.5. The second-order valence-electron chi connectivity index (χ2n) is 10.0. The molecule has 6 heteroatoms. The van der Waals surface area contributed by atoms with Crippen LogP contribution in [-0.4, -0.2) is 69.8 Å². The van der Waals surface area contributed by atoms with Crippen molar-refractivity contribution >= 4 is 17.3 Å². The van der Waals surface area contributed by atoms with E-state index in [0.717, 1.165) is 58.0 Å². The van der Waals surface area contributed by atoms with Gasteiger partial charge < -0.3 is 24.8 Å². The Morgan fingerprint density at radius 1 is 1.03 bits per heavy atom. The summed E-state index contributed by atoms with van der Waals surface area (Å²) >= 11 is 0. The van der Waals surface area contributed by atoms with Gasteiger partial charge in [-0.2, -0.15) is 0 Å². The summed E-state index contributed by atoms with van der Waals surface area (Å²) in [5.74, 6) is 1.01. The molecular weight excluding hydrogens is 424 g/mol. The number of anilines is 2. The molecule has 1 amide bonds. The standard InChI is InChI=1S/C28H38N4O2/c1-21-6-9-23(10-7-21)31-16-17-32-26-19-24(34-2)11-8-22(26)18-25(27(32)20-31)28(33)29-12-15-30-13-4-3-5-14-30/h6-11,19,25,27H,3-5,12-18,20H2,1-2H3,(H,29,33)/t25-,27-/m1/s1. The molecule has 3 heterocycles. The lowest BCUT2D eigenvalue weighted by Crippen LogP contribution is -2.61. The Kier molecular flexibility index (Phi) is 6.95. The van der Waals surface area contributed by atoms with E-state index in [9.17, 15) is 4.79 Å². The molecule has 34 heavy (non-hydrogen) atoms. The van der Waals surface area contributed by atoms with Crippen LogP contribution in [0.4, 0.5) is 11.4 Å². The molecule has 2 fully saturated rings. The van der Waals surface area contributed by atoms with E-state index in [1.54, 1.807) is 7.11 Å². The second-order valence-corrected chi connectivity index (χ2v) is 10.0. The van der Waals surface area contributed by atoms with Gasteiger partial charge in [0.1, 0.15) is 5.75 Å². The van der Waals surface area contributed by atoms with Crippen LogP contribution in [0.25, 0.3) is 0 Å². The molecule has 0 saturated carbocycles. The number of rotatable bonds is 6. The Bertz CT molecular complexity index is 986. The molecule has 0 aliphatic carbocycles. The molecule has 2 saturated heterocycles. The quantitative estimate of drug-likeness (QED) is 0.712. The normalized spacial score (nSPS) is 22.6. The molecule has 3 aliphatic heterocycles. The van der Waals surface area contributed by atoms with Crippen LogP contribution in [0.2, 0.25) is 0 Å². The van der Waals surface area contributed by atoms with Gasteiger partial charge in [-0.3, -0.25) is 4.79 Å². The van der Waals surface area contributed by atoms with Crippen LogP contribution in [-0.2, 0) is 11.2 Å². The van der Waals surface area contributed by atoms with E-state index in [-0.39, 0.29) is 17.9 Å². The summed E-state index contributed by atoms with van der Waals surface area (Å²) in [5, 5.41) is 3.30. The van der Waals surface area contributed by atoms with Crippen LogP contribution in [0.5, 0.6) is 5.75 Å². The van der Waals surface area contributed by atoms with Crippen molar-refractivity contribution in [2.45, 2.75) is 38.6 Å². The summed E-state index contributed by atoms with van der Waals surface area (Å²) in [6.45, 7) is 8.83. The fourth-order valence-corrected chi connectivity index (χ4v) is 5.85. The highest BCUT2D eigenvalue weighted by atomic mass is 16.5. The van der Waals surface area contributed by atoms with Crippen molar-refractivity contribution in [3.05, 3.63) is 53.6 Å². The fraction of sp³-hybridized carbons (Fsp3) is 0.536. The number of likely N-dealkylation sites (tertiary alicyclic amines) is 1. The Morgan fingerprint density at radius 2 is 1.82 bits per heavy atom. The highest BCUT2D eigenvalue weighted by Crippen LogP contribution is 2.39. The predicted molar refractivity (Wildman–Crippen MR) is 138 cm³/mol. The van der Waals surface area contributed by atoms with Gasteiger partial charge in [0.2, 0.25) is 5.91 Å². The molecule has 0 bridgehead atoms. The monoisotopic (exact) mass is 462 g/mol. The van der Waals surface area contributed by atoms with Gasteiger partial charge in [-0.25, -0.2) is 0 Å². The van der Waals surface area contributed by atoms with Crippen LogP contribution < -0.4 is 19.9 Å². The lowest BCUT2D eigenvalue weighted by molar-refractivity contribution is -0.125. The van der Waals surface area contributed by atoms with Gasteiger partial charge in [-0.15, -0.1) is 0 Å². The lowest BCUT2D eigenvalue weighted by atomic mass is 9.83. The maximum atomic E-state index is 13.5.